The number of hydrogen-bond acceptors (Lipinski definition) is 4. The Morgan fingerprint density at radius 3 is 1.22 bits per heavy atom. The molecule has 0 aromatic heterocycles. The average molecular weight is 454 g/mol. The normalized spacial score (nSPS) is 13.3. The number of fused-ring (bicyclic) bond motifs is 1. The van der Waals surface area contributed by atoms with Crippen molar-refractivity contribution in [3.63, 3.8) is 0 Å². The maximum atomic E-state index is 13.0. The Hall–Kier alpha value is -3.28. The largest absolute Gasteiger partial charge is 0.272 e. The second-order valence-corrected chi connectivity index (χ2v) is 9.63. The monoisotopic (exact) mass is 453 g/mol. The summed E-state index contributed by atoms with van der Waals surface area (Å²) in [5, 5.41) is 0. The number of nitrogens with zero attached hydrogens (tertiary/aromatic N) is 1. The Kier molecular flexibility index (Phi) is 5.60. The highest BCUT2D eigenvalue weighted by molar-refractivity contribution is 8.76. The van der Waals surface area contributed by atoms with Gasteiger partial charge in [-0.05, 0) is 39.6 Å². The Morgan fingerprint density at radius 2 is 0.844 bits per heavy atom. The van der Waals surface area contributed by atoms with E-state index in [-0.39, 0.29) is 11.8 Å². The summed E-state index contributed by atoms with van der Waals surface area (Å²) in [6.45, 7) is 0. The lowest BCUT2D eigenvalue weighted by molar-refractivity contribution is 0.0778. The van der Waals surface area contributed by atoms with Gasteiger partial charge in [-0.25, -0.2) is 4.31 Å². The number of rotatable bonds is 6. The molecule has 0 unspecified atom stereocenters. The number of imide groups is 1. The van der Waals surface area contributed by atoms with Crippen LogP contribution in [0.1, 0.15) is 37.4 Å². The van der Waals surface area contributed by atoms with Crippen LogP contribution in [0.3, 0.4) is 0 Å². The molecule has 1 heterocycles. The van der Waals surface area contributed by atoms with Crippen LogP contribution in [-0.4, -0.2) is 16.1 Å². The maximum Gasteiger partial charge on any atom is 0.272 e. The molecule has 32 heavy (non-hydrogen) atoms. The molecule has 0 radical (unpaired) electrons. The van der Waals surface area contributed by atoms with E-state index in [1.165, 1.54) is 26.1 Å². The standard InChI is InChI=1S/C27H19NO2S2/c29-25-23-18-10-11-19-24(23)26(30)28(25)32-31-27(20-12-4-1-5-13-20,21-14-6-2-7-15-21)22-16-8-3-9-17-22/h1-19H. The number of hydrogen-bond donors (Lipinski definition) is 0. The van der Waals surface area contributed by atoms with Crippen molar-refractivity contribution in [3.8, 4) is 0 Å². The van der Waals surface area contributed by atoms with Gasteiger partial charge in [-0.1, -0.05) is 103 Å². The minimum atomic E-state index is -0.621. The third-order valence-electron chi connectivity index (χ3n) is 5.53. The summed E-state index contributed by atoms with van der Waals surface area (Å²) in [4.78, 5) is 26.0. The molecule has 3 nitrogen and oxygen atoms in total. The zero-order chi connectivity index (χ0) is 22.0. The van der Waals surface area contributed by atoms with E-state index in [0.29, 0.717) is 11.1 Å². The molecular formula is C27H19NO2S2. The van der Waals surface area contributed by atoms with Crippen molar-refractivity contribution in [1.82, 2.24) is 4.31 Å². The molecule has 2 amide bonds. The highest BCUT2D eigenvalue weighted by atomic mass is 33.1. The van der Waals surface area contributed by atoms with Gasteiger partial charge in [0.1, 0.15) is 4.75 Å². The first-order chi connectivity index (χ1) is 15.7. The molecule has 4 aromatic carbocycles. The molecule has 1 aliphatic heterocycles. The van der Waals surface area contributed by atoms with Crippen LogP contribution in [0.2, 0.25) is 0 Å². The molecule has 5 rings (SSSR count). The zero-order valence-corrected chi connectivity index (χ0v) is 18.7. The first kappa shape index (κ1) is 20.6. The number of carbonyl (C=O) groups excluding carboxylic acids is 2. The van der Waals surface area contributed by atoms with Crippen LogP contribution in [0.4, 0.5) is 0 Å². The molecule has 0 fully saturated rings. The number of carbonyl (C=O) groups is 2. The predicted octanol–water partition coefficient (Wildman–Crippen LogP) is 6.57. The van der Waals surface area contributed by atoms with E-state index in [1.54, 1.807) is 24.3 Å². The second kappa shape index (κ2) is 8.69. The summed E-state index contributed by atoms with van der Waals surface area (Å²) in [7, 11) is 2.70. The lowest BCUT2D eigenvalue weighted by Gasteiger charge is -2.35. The minimum Gasteiger partial charge on any atom is -0.268 e. The molecule has 0 spiro atoms. The molecule has 0 saturated heterocycles. The van der Waals surface area contributed by atoms with Gasteiger partial charge in [0.05, 0.1) is 11.1 Å². The lowest BCUT2D eigenvalue weighted by atomic mass is 9.84. The van der Waals surface area contributed by atoms with Gasteiger partial charge < -0.3 is 0 Å². The van der Waals surface area contributed by atoms with Gasteiger partial charge in [-0.3, -0.25) is 9.59 Å². The van der Waals surface area contributed by atoms with Crippen LogP contribution in [-0.2, 0) is 4.75 Å². The molecule has 0 saturated carbocycles. The lowest BCUT2D eigenvalue weighted by Crippen LogP contribution is -2.27. The molecule has 4 aromatic rings. The average Bonchev–Trinajstić information content (AvgIpc) is 3.11. The van der Waals surface area contributed by atoms with Crippen molar-refractivity contribution in [2.24, 2.45) is 0 Å². The van der Waals surface area contributed by atoms with Crippen molar-refractivity contribution in [1.29, 1.82) is 0 Å². The molecule has 0 atom stereocenters. The molecule has 1 aliphatic rings. The van der Waals surface area contributed by atoms with E-state index in [9.17, 15) is 9.59 Å². The van der Waals surface area contributed by atoms with E-state index in [4.69, 9.17) is 0 Å². The Morgan fingerprint density at radius 1 is 0.500 bits per heavy atom. The van der Waals surface area contributed by atoms with Gasteiger partial charge in [0.2, 0.25) is 0 Å². The van der Waals surface area contributed by atoms with Crippen LogP contribution >= 0.6 is 21.8 Å². The topological polar surface area (TPSA) is 37.4 Å². The molecule has 0 N–H and O–H groups in total. The molecule has 5 heteroatoms. The van der Waals surface area contributed by atoms with Crippen LogP contribution in [0, 0.1) is 0 Å². The maximum absolute atomic E-state index is 13.0. The zero-order valence-electron chi connectivity index (χ0n) is 17.0. The quantitative estimate of drug-likeness (QED) is 0.143. The molecule has 0 aliphatic carbocycles. The van der Waals surface area contributed by atoms with Crippen molar-refractivity contribution in [2.75, 3.05) is 0 Å². The third-order valence-corrected chi connectivity index (χ3v) is 8.47. The van der Waals surface area contributed by atoms with Gasteiger partial charge in [0.25, 0.3) is 11.8 Å². The van der Waals surface area contributed by atoms with Crippen LogP contribution in [0.5, 0.6) is 0 Å². The molecule has 156 valence electrons. The number of benzene rings is 4. The first-order valence-electron chi connectivity index (χ1n) is 10.2. The third kappa shape index (κ3) is 3.44. The minimum absolute atomic E-state index is 0.272. The SMILES string of the molecule is O=C1c2ccccc2C(=O)N1SSC(c1ccccc1)(c1ccccc1)c1ccccc1. The second-order valence-electron chi connectivity index (χ2n) is 7.39. The Balaban J connectivity index is 1.61. The van der Waals surface area contributed by atoms with Gasteiger partial charge in [-0.15, -0.1) is 0 Å². The van der Waals surface area contributed by atoms with Crippen LogP contribution in [0.25, 0.3) is 0 Å². The fraction of sp³-hybridized carbons (Fsp3) is 0.0370. The summed E-state index contributed by atoms with van der Waals surface area (Å²) < 4.78 is 0.655. The van der Waals surface area contributed by atoms with E-state index >= 15 is 0 Å². The fourth-order valence-electron chi connectivity index (χ4n) is 3.99. The van der Waals surface area contributed by atoms with E-state index in [2.05, 4.69) is 36.4 Å². The summed E-state index contributed by atoms with van der Waals surface area (Å²) in [5.74, 6) is -0.544. The van der Waals surface area contributed by atoms with Crippen molar-refractivity contribution in [2.45, 2.75) is 4.75 Å². The Labute approximate surface area is 195 Å². The van der Waals surface area contributed by atoms with Crippen molar-refractivity contribution < 1.29 is 9.59 Å². The van der Waals surface area contributed by atoms with E-state index in [1.807, 2.05) is 54.6 Å². The van der Waals surface area contributed by atoms with Crippen LogP contribution < -0.4 is 0 Å². The Bertz CT molecular complexity index is 1130. The van der Waals surface area contributed by atoms with E-state index in [0.717, 1.165) is 16.7 Å². The highest BCUT2D eigenvalue weighted by Gasteiger charge is 2.42. The number of amides is 2. The van der Waals surface area contributed by atoms with Crippen molar-refractivity contribution in [3.05, 3.63) is 143 Å². The van der Waals surface area contributed by atoms with Gasteiger partial charge in [0, 0.05) is 11.0 Å². The summed E-state index contributed by atoms with van der Waals surface area (Å²) >= 11 is 0. The van der Waals surface area contributed by atoms with E-state index < -0.39 is 4.75 Å². The van der Waals surface area contributed by atoms with Gasteiger partial charge in [0.15, 0.2) is 0 Å². The predicted molar refractivity (Wildman–Crippen MR) is 131 cm³/mol. The molecular weight excluding hydrogens is 434 g/mol. The summed E-state index contributed by atoms with van der Waals surface area (Å²) in [6.07, 6.45) is 0. The highest BCUT2D eigenvalue weighted by Crippen LogP contribution is 2.54. The first-order valence-corrected chi connectivity index (χ1v) is 12.3. The van der Waals surface area contributed by atoms with Crippen LogP contribution in [0.15, 0.2) is 115 Å². The smallest absolute Gasteiger partial charge is 0.268 e. The summed E-state index contributed by atoms with van der Waals surface area (Å²) in [6, 6.07) is 37.6. The summed E-state index contributed by atoms with van der Waals surface area (Å²) in [5.41, 5.74) is 4.13. The fourth-order valence-corrected chi connectivity index (χ4v) is 7.04. The molecule has 0 bridgehead atoms. The van der Waals surface area contributed by atoms with Gasteiger partial charge in [-0.2, -0.15) is 0 Å². The van der Waals surface area contributed by atoms with Crippen molar-refractivity contribution >= 4 is 33.6 Å². The van der Waals surface area contributed by atoms with Gasteiger partial charge >= 0.3 is 0 Å².